The number of aromatic nitrogens is 1. The second kappa shape index (κ2) is 7.47. The van der Waals surface area contributed by atoms with Crippen LogP contribution in [-0.4, -0.2) is 23.6 Å². The Morgan fingerprint density at radius 3 is 2.65 bits per heavy atom. The standard InChI is InChI=1S/C13H16ClF3N2O/c1-2-10-7-9(8-11(14)19-10)12(20)18-6-4-3-5-13(15,16)17/h7-8H,2-6H2,1H3,(H,18,20). The van der Waals surface area contributed by atoms with Gasteiger partial charge < -0.3 is 5.32 Å². The van der Waals surface area contributed by atoms with E-state index in [0.717, 1.165) is 0 Å². The van der Waals surface area contributed by atoms with Crippen LogP contribution in [0.1, 0.15) is 42.2 Å². The van der Waals surface area contributed by atoms with Crippen molar-refractivity contribution in [2.24, 2.45) is 0 Å². The molecule has 0 fully saturated rings. The van der Waals surface area contributed by atoms with E-state index in [4.69, 9.17) is 11.6 Å². The molecule has 0 bridgehead atoms. The molecule has 112 valence electrons. The van der Waals surface area contributed by atoms with Gasteiger partial charge in [-0.25, -0.2) is 4.98 Å². The molecule has 1 heterocycles. The Bertz CT molecular complexity index is 463. The number of amides is 1. The molecule has 0 atom stereocenters. The molecule has 0 spiro atoms. The summed E-state index contributed by atoms with van der Waals surface area (Å²) in [6.07, 6.45) is -4.04. The topological polar surface area (TPSA) is 42.0 Å². The van der Waals surface area contributed by atoms with Crippen LogP contribution in [-0.2, 0) is 6.42 Å². The summed E-state index contributed by atoms with van der Waals surface area (Å²) in [6, 6.07) is 3.06. The lowest BCUT2D eigenvalue weighted by molar-refractivity contribution is -0.135. The first-order chi connectivity index (χ1) is 9.31. The number of rotatable bonds is 6. The zero-order valence-electron chi connectivity index (χ0n) is 11.1. The minimum atomic E-state index is -4.14. The predicted octanol–water partition coefficient (Wildman–Crippen LogP) is 3.76. The van der Waals surface area contributed by atoms with Crippen LogP contribution in [0.2, 0.25) is 5.15 Å². The van der Waals surface area contributed by atoms with Gasteiger partial charge in [0.2, 0.25) is 0 Å². The van der Waals surface area contributed by atoms with E-state index in [0.29, 0.717) is 17.7 Å². The summed E-state index contributed by atoms with van der Waals surface area (Å²) in [5, 5.41) is 2.80. The number of carbonyl (C=O) groups excluding carboxylic acids is 1. The van der Waals surface area contributed by atoms with Crippen molar-refractivity contribution in [2.75, 3.05) is 6.54 Å². The smallest absolute Gasteiger partial charge is 0.352 e. The third-order valence-corrected chi connectivity index (χ3v) is 2.84. The second-order valence-corrected chi connectivity index (χ2v) is 4.74. The van der Waals surface area contributed by atoms with Gasteiger partial charge in [-0.2, -0.15) is 13.2 Å². The summed E-state index contributed by atoms with van der Waals surface area (Å²) in [7, 11) is 0. The van der Waals surface area contributed by atoms with Gasteiger partial charge in [0.15, 0.2) is 0 Å². The van der Waals surface area contributed by atoms with E-state index in [1.807, 2.05) is 6.92 Å². The SMILES string of the molecule is CCc1cc(C(=O)NCCCCC(F)(F)F)cc(Cl)n1. The van der Waals surface area contributed by atoms with Crippen LogP contribution in [0, 0.1) is 0 Å². The molecule has 20 heavy (non-hydrogen) atoms. The summed E-state index contributed by atoms with van der Waals surface area (Å²) in [6.45, 7) is 2.09. The Kier molecular flexibility index (Phi) is 6.26. The number of unbranched alkanes of at least 4 members (excludes halogenated alkanes) is 1. The monoisotopic (exact) mass is 308 g/mol. The van der Waals surface area contributed by atoms with Crippen molar-refractivity contribution >= 4 is 17.5 Å². The zero-order valence-corrected chi connectivity index (χ0v) is 11.8. The second-order valence-electron chi connectivity index (χ2n) is 4.35. The normalized spacial score (nSPS) is 11.4. The lowest BCUT2D eigenvalue weighted by atomic mass is 10.2. The summed E-state index contributed by atoms with van der Waals surface area (Å²) in [4.78, 5) is 15.8. The van der Waals surface area contributed by atoms with Gasteiger partial charge >= 0.3 is 6.18 Å². The Balaban J connectivity index is 2.41. The Morgan fingerprint density at radius 2 is 2.05 bits per heavy atom. The van der Waals surface area contributed by atoms with Crippen molar-refractivity contribution < 1.29 is 18.0 Å². The van der Waals surface area contributed by atoms with Crippen molar-refractivity contribution in [1.82, 2.24) is 10.3 Å². The lowest BCUT2D eigenvalue weighted by Crippen LogP contribution is -2.25. The minimum absolute atomic E-state index is 0.00108. The fourth-order valence-electron chi connectivity index (χ4n) is 1.62. The molecule has 0 unspecified atom stereocenters. The Labute approximate surface area is 120 Å². The molecule has 1 aromatic rings. The number of nitrogens with zero attached hydrogens (tertiary/aromatic N) is 1. The summed E-state index contributed by atoms with van der Waals surface area (Å²) in [5.74, 6) is -0.351. The summed E-state index contributed by atoms with van der Waals surface area (Å²) >= 11 is 5.79. The van der Waals surface area contributed by atoms with Crippen LogP contribution < -0.4 is 5.32 Å². The molecule has 0 saturated heterocycles. The van der Waals surface area contributed by atoms with Crippen molar-refractivity contribution in [3.63, 3.8) is 0 Å². The van der Waals surface area contributed by atoms with Crippen LogP contribution in [0.4, 0.5) is 13.2 Å². The Hall–Kier alpha value is -1.30. The molecule has 0 saturated carbocycles. The molecule has 0 radical (unpaired) electrons. The van der Waals surface area contributed by atoms with E-state index in [-0.39, 0.29) is 30.4 Å². The van der Waals surface area contributed by atoms with Gasteiger partial charge in [0.25, 0.3) is 5.91 Å². The number of alkyl halides is 3. The average molecular weight is 309 g/mol. The average Bonchev–Trinajstić information content (AvgIpc) is 2.36. The van der Waals surface area contributed by atoms with Gasteiger partial charge in [-0.3, -0.25) is 4.79 Å². The molecule has 1 aromatic heterocycles. The fraction of sp³-hybridized carbons (Fsp3) is 0.538. The van der Waals surface area contributed by atoms with E-state index in [1.165, 1.54) is 6.07 Å². The largest absolute Gasteiger partial charge is 0.389 e. The molecule has 1 rings (SSSR count). The van der Waals surface area contributed by atoms with E-state index >= 15 is 0 Å². The lowest BCUT2D eigenvalue weighted by Gasteiger charge is -2.08. The highest BCUT2D eigenvalue weighted by molar-refractivity contribution is 6.29. The van der Waals surface area contributed by atoms with Gasteiger partial charge in [-0.15, -0.1) is 0 Å². The third-order valence-electron chi connectivity index (χ3n) is 2.64. The number of hydrogen-bond donors (Lipinski definition) is 1. The first kappa shape index (κ1) is 16.8. The number of halogens is 4. The molecule has 0 aliphatic rings. The van der Waals surface area contributed by atoms with Crippen LogP contribution in [0.25, 0.3) is 0 Å². The molecular weight excluding hydrogens is 293 g/mol. The Morgan fingerprint density at radius 1 is 1.35 bits per heavy atom. The predicted molar refractivity (Wildman–Crippen MR) is 70.9 cm³/mol. The molecule has 7 heteroatoms. The highest BCUT2D eigenvalue weighted by Gasteiger charge is 2.25. The van der Waals surface area contributed by atoms with Gasteiger partial charge in [0, 0.05) is 24.2 Å². The third kappa shape index (κ3) is 6.23. The highest BCUT2D eigenvalue weighted by atomic mass is 35.5. The summed E-state index contributed by atoms with van der Waals surface area (Å²) in [5.41, 5.74) is 1.07. The van der Waals surface area contributed by atoms with Crippen molar-refractivity contribution in [1.29, 1.82) is 0 Å². The van der Waals surface area contributed by atoms with Gasteiger partial charge in [0.1, 0.15) is 5.15 Å². The molecule has 3 nitrogen and oxygen atoms in total. The van der Waals surface area contributed by atoms with Crippen molar-refractivity contribution in [3.05, 3.63) is 28.5 Å². The molecule has 0 aliphatic heterocycles. The van der Waals surface area contributed by atoms with E-state index in [1.54, 1.807) is 6.07 Å². The van der Waals surface area contributed by atoms with Crippen LogP contribution >= 0.6 is 11.6 Å². The molecular formula is C13H16ClF3N2O. The maximum Gasteiger partial charge on any atom is 0.389 e. The maximum absolute atomic E-state index is 11.9. The fourth-order valence-corrected chi connectivity index (χ4v) is 1.84. The quantitative estimate of drug-likeness (QED) is 0.642. The first-order valence-electron chi connectivity index (χ1n) is 6.33. The molecule has 1 amide bonds. The van der Waals surface area contributed by atoms with Gasteiger partial charge in [-0.1, -0.05) is 18.5 Å². The molecule has 0 aromatic carbocycles. The minimum Gasteiger partial charge on any atom is -0.352 e. The van der Waals surface area contributed by atoms with Crippen LogP contribution in [0.3, 0.4) is 0 Å². The van der Waals surface area contributed by atoms with E-state index < -0.39 is 12.6 Å². The van der Waals surface area contributed by atoms with E-state index in [9.17, 15) is 18.0 Å². The number of carbonyl (C=O) groups is 1. The molecule has 0 aliphatic carbocycles. The number of pyridine rings is 1. The van der Waals surface area contributed by atoms with Gasteiger partial charge in [0.05, 0.1) is 0 Å². The first-order valence-corrected chi connectivity index (χ1v) is 6.71. The van der Waals surface area contributed by atoms with E-state index in [2.05, 4.69) is 10.3 Å². The molecule has 1 N–H and O–H groups in total. The van der Waals surface area contributed by atoms with Gasteiger partial charge in [-0.05, 0) is 31.4 Å². The van der Waals surface area contributed by atoms with Crippen molar-refractivity contribution in [2.45, 2.75) is 38.8 Å². The number of aryl methyl sites for hydroxylation is 1. The number of hydrogen-bond acceptors (Lipinski definition) is 2. The van der Waals surface area contributed by atoms with Crippen molar-refractivity contribution in [3.8, 4) is 0 Å². The van der Waals surface area contributed by atoms with Crippen LogP contribution in [0.5, 0.6) is 0 Å². The number of nitrogens with one attached hydrogen (secondary N) is 1. The zero-order chi connectivity index (χ0) is 15.2. The maximum atomic E-state index is 11.9. The highest BCUT2D eigenvalue weighted by Crippen LogP contribution is 2.21. The summed E-state index contributed by atoms with van der Waals surface area (Å²) < 4.78 is 35.8. The van der Waals surface area contributed by atoms with Crippen LogP contribution in [0.15, 0.2) is 12.1 Å².